The van der Waals surface area contributed by atoms with Crippen molar-refractivity contribution in [3.8, 4) is 0 Å². The van der Waals surface area contributed by atoms with Crippen molar-refractivity contribution < 1.29 is 9.59 Å². The molecule has 138 valence electrons. The van der Waals surface area contributed by atoms with E-state index in [2.05, 4.69) is 20.5 Å². The predicted octanol–water partition coefficient (Wildman–Crippen LogP) is 1.79. The van der Waals surface area contributed by atoms with Crippen LogP contribution in [-0.4, -0.2) is 41.3 Å². The highest BCUT2D eigenvalue weighted by Gasteiger charge is 2.21. The van der Waals surface area contributed by atoms with Gasteiger partial charge in [-0.3, -0.25) is 19.5 Å². The van der Waals surface area contributed by atoms with Gasteiger partial charge in [0.2, 0.25) is 0 Å². The van der Waals surface area contributed by atoms with E-state index in [4.69, 9.17) is 0 Å². The quantitative estimate of drug-likeness (QED) is 0.758. The fraction of sp³-hybridized carbons (Fsp3) is 0.421. The van der Waals surface area contributed by atoms with E-state index in [9.17, 15) is 9.59 Å². The molecule has 0 spiro atoms. The smallest absolute Gasteiger partial charge is 0.309 e. The summed E-state index contributed by atoms with van der Waals surface area (Å²) in [6, 6.07) is 7.94. The number of hydrogen-bond donors (Lipinski definition) is 2. The van der Waals surface area contributed by atoms with Gasteiger partial charge in [0, 0.05) is 30.4 Å². The number of carbonyl (C=O) groups is 2. The van der Waals surface area contributed by atoms with Gasteiger partial charge < -0.3 is 10.6 Å². The largest absolute Gasteiger partial charge is 0.348 e. The second-order valence-electron chi connectivity index (χ2n) is 6.55. The third-order valence-electron chi connectivity index (χ3n) is 4.62. The Bertz CT molecular complexity index is 698. The molecule has 6 nitrogen and oxygen atoms in total. The molecule has 26 heavy (non-hydrogen) atoms. The van der Waals surface area contributed by atoms with Gasteiger partial charge in [-0.1, -0.05) is 6.07 Å². The summed E-state index contributed by atoms with van der Waals surface area (Å²) in [4.78, 5) is 31.2. The Labute approximate surface area is 157 Å². The predicted molar refractivity (Wildman–Crippen MR) is 101 cm³/mol. The number of amides is 2. The molecule has 1 saturated heterocycles. The summed E-state index contributed by atoms with van der Waals surface area (Å²) in [5.41, 5.74) is 1.27. The van der Waals surface area contributed by atoms with Gasteiger partial charge in [-0.15, -0.1) is 11.3 Å². The van der Waals surface area contributed by atoms with Gasteiger partial charge in [-0.05, 0) is 61.0 Å². The number of piperidine rings is 1. The highest BCUT2D eigenvalue weighted by atomic mass is 32.1. The first-order chi connectivity index (χ1) is 12.7. The molecule has 3 rings (SSSR count). The molecule has 2 amide bonds. The Morgan fingerprint density at radius 1 is 1.12 bits per heavy atom. The van der Waals surface area contributed by atoms with Crippen molar-refractivity contribution in [2.75, 3.05) is 19.6 Å². The summed E-state index contributed by atoms with van der Waals surface area (Å²) < 4.78 is 0. The van der Waals surface area contributed by atoms with Crippen molar-refractivity contribution in [2.45, 2.75) is 25.9 Å². The standard InChI is InChI=1S/C19H24N4O2S/c24-18(19(25)22-13-17-2-1-11-26-17)21-12-15-5-9-23(10-6-15)14-16-3-7-20-8-4-16/h1-4,7-8,11,15H,5-6,9-10,12-14H2,(H,21,24)(H,22,25). The molecule has 0 unspecified atom stereocenters. The Kier molecular flexibility index (Phi) is 6.74. The minimum absolute atomic E-state index is 0.400. The zero-order valence-electron chi connectivity index (χ0n) is 14.7. The van der Waals surface area contributed by atoms with Gasteiger partial charge in [0.05, 0.1) is 6.54 Å². The minimum atomic E-state index is -0.562. The molecule has 2 N–H and O–H groups in total. The van der Waals surface area contributed by atoms with Crippen LogP contribution in [0.2, 0.25) is 0 Å². The van der Waals surface area contributed by atoms with Crippen molar-refractivity contribution >= 4 is 23.2 Å². The number of rotatable bonds is 6. The lowest BCUT2D eigenvalue weighted by Crippen LogP contribution is -2.43. The first-order valence-corrected chi connectivity index (χ1v) is 9.78. The normalized spacial score (nSPS) is 15.5. The number of likely N-dealkylation sites (tertiary alicyclic amines) is 1. The van der Waals surface area contributed by atoms with Crippen molar-refractivity contribution in [3.63, 3.8) is 0 Å². The second kappa shape index (κ2) is 9.45. The SMILES string of the molecule is O=C(NCc1cccs1)C(=O)NCC1CCN(Cc2ccncc2)CC1. The van der Waals surface area contributed by atoms with Crippen LogP contribution >= 0.6 is 11.3 Å². The molecule has 2 aromatic rings. The molecule has 1 aliphatic heterocycles. The van der Waals surface area contributed by atoms with Crippen LogP contribution in [0.5, 0.6) is 0 Å². The first kappa shape index (κ1) is 18.5. The molecular weight excluding hydrogens is 348 g/mol. The van der Waals surface area contributed by atoms with E-state index >= 15 is 0 Å². The van der Waals surface area contributed by atoms with E-state index in [1.165, 1.54) is 5.56 Å². The van der Waals surface area contributed by atoms with Gasteiger partial charge in [0.25, 0.3) is 0 Å². The number of nitrogens with one attached hydrogen (secondary N) is 2. The molecule has 1 fully saturated rings. The molecular formula is C19H24N4O2S. The monoisotopic (exact) mass is 372 g/mol. The number of hydrogen-bond acceptors (Lipinski definition) is 5. The maximum atomic E-state index is 11.9. The average molecular weight is 372 g/mol. The number of nitrogens with zero attached hydrogens (tertiary/aromatic N) is 2. The third kappa shape index (κ3) is 5.64. The van der Waals surface area contributed by atoms with Crippen molar-refractivity contribution in [1.82, 2.24) is 20.5 Å². The molecule has 0 aliphatic carbocycles. The fourth-order valence-electron chi connectivity index (χ4n) is 3.07. The van der Waals surface area contributed by atoms with Crippen LogP contribution in [0.15, 0.2) is 42.0 Å². The van der Waals surface area contributed by atoms with Gasteiger partial charge in [-0.2, -0.15) is 0 Å². The summed E-state index contributed by atoms with van der Waals surface area (Å²) in [6.07, 6.45) is 5.70. The van der Waals surface area contributed by atoms with E-state index in [1.54, 1.807) is 11.3 Å². The molecule has 3 heterocycles. The van der Waals surface area contributed by atoms with Crippen LogP contribution in [0, 0.1) is 5.92 Å². The molecule has 0 bridgehead atoms. The lowest BCUT2D eigenvalue weighted by molar-refractivity contribution is -0.139. The Morgan fingerprint density at radius 3 is 2.54 bits per heavy atom. The van der Waals surface area contributed by atoms with Crippen LogP contribution in [0.1, 0.15) is 23.3 Å². The minimum Gasteiger partial charge on any atom is -0.348 e. The summed E-state index contributed by atoms with van der Waals surface area (Å²) in [5, 5.41) is 7.37. The Balaban J connectivity index is 1.33. The van der Waals surface area contributed by atoms with E-state index in [-0.39, 0.29) is 0 Å². The second-order valence-corrected chi connectivity index (χ2v) is 7.58. The zero-order chi connectivity index (χ0) is 18.2. The van der Waals surface area contributed by atoms with E-state index in [0.717, 1.165) is 37.4 Å². The van der Waals surface area contributed by atoms with Crippen LogP contribution in [0.25, 0.3) is 0 Å². The van der Waals surface area contributed by atoms with Gasteiger partial charge >= 0.3 is 11.8 Å². The van der Waals surface area contributed by atoms with Gasteiger partial charge in [-0.25, -0.2) is 0 Å². The zero-order valence-corrected chi connectivity index (χ0v) is 15.5. The molecule has 0 atom stereocenters. The van der Waals surface area contributed by atoms with E-state index in [0.29, 0.717) is 19.0 Å². The molecule has 1 aliphatic rings. The Morgan fingerprint density at radius 2 is 1.85 bits per heavy atom. The number of pyridine rings is 1. The summed E-state index contributed by atoms with van der Waals surface area (Å²) in [6.45, 7) is 3.92. The third-order valence-corrected chi connectivity index (χ3v) is 5.50. The van der Waals surface area contributed by atoms with Crippen LogP contribution in [-0.2, 0) is 22.7 Å². The van der Waals surface area contributed by atoms with Crippen molar-refractivity contribution in [1.29, 1.82) is 0 Å². The molecule has 0 saturated carbocycles. The summed E-state index contributed by atoms with van der Waals surface area (Å²) in [7, 11) is 0. The molecule has 0 radical (unpaired) electrons. The van der Waals surface area contributed by atoms with Crippen molar-refractivity contribution in [3.05, 3.63) is 52.5 Å². The number of aromatic nitrogens is 1. The number of carbonyl (C=O) groups excluding carboxylic acids is 2. The molecule has 2 aromatic heterocycles. The van der Waals surface area contributed by atoms with Crippen LogP contribution < -0.4 is 10.6 Å². The summed E-state index contributed by atoms with van der Waals surface area (Å²) in [5.74, 6) is -0.674. The van der Waals surface area contributed by atoms with Gasteiger partial charge in [0.1, 0.15) is 0 Å². The van der Waals surface area contributed by atoms with Gasteiger partial charge in [0.15, 0.2) is 0 Å². The molecule has 0 aromatic carbocycles. The maximum absolute atomic E-state index is 11.9. The lowest BCUT2D eigenvalue weighted by atomic mass is 9.96. The van der Waals surface area contributed by atoms with Crippen molar-refractivity contribution in [2.24, 2.45) is 5.92 Å². The van der Waals surface area contributed by atoms with E-state index in [1.807, 2.05) is 42.0 Å². The van der Waals surface area contributed by atoms with Crippen LogP contribution in [0.4, 0.5) is 0 Å². The number of thiophene rings is 1. The average Bonchev–Trinajstić information content (AvgIpc) is 3.20. The maximum Gasteiger partial charge on any atom is 0.309 e. The first-order valence-electron chi connectivity index (χ1n) is 8.90. The molecule has 7 heteroatoms. The lowest BCUT2D eigenvalue weighted by Gasteiger charge is -2.32. The Hall–Kier alpha value is -2.25. The highest BCUT2D eigenvalue weighted by molar-refractivity contribution is 7.09. The van der Waals surface area contributed by atoms with E-state index < -0.39 is 11.8 Å². The topological polar surface area (TPSA) is 74.3 Å². The fourth-order valence-corrected chi connectivity index (χ4v) is 3.72. The highest BCUT2D eigenvalue weighted by Crippen LogP contribution is 2.18. The van der Waals surface area contributed by atoms with Crippen LogP contribution in [0.3, 0.4) is 0 Å². The summed E-state index contributed by atoms with van der Waals surface area (Å²) >= 11 is 1.56.